The number of carbonyl (C=O) groups is 2. The largest absolute Gasteiger partial charge is 0.458 e. The molecule has 6 heterocycles. The molecule has 10 aliphatic rings. The van der Waals surface area contributed by atoms with Crippen LogP contribution in [0.25, 0.3) is 0 Å². The first-order chi connectivity index (χ1) is 43.0. The molecular formula is C60H94O31S. The Morgan fingerprint density at radius 1 is 0.641 bits per heavy atom. The van der Waals surface area contributed by atoms with Gasteiger partial charge in [0.25, 0.3) is 0 Å². The minimum absolute atomic E-state index is 0.120. The Hall–Kier alpha value is -2.47. The number of cyclic esters (lactones) is 1. The standard InChI is InChI=1S/C60H94O31S/c1-23(2)27(63)12-17-59(8)33-13-16-58(7)25-10-11-32-56(4,5)35(14-15-57(32,6)26(25)18-34(64)60(33,58)55(75)91-59)87-54-49(39(68)30(21-80-54)85-51-42(71)40(69)36(65)31(86-51)22-81-92(76,77)78)90-50-43(72)41(70)46(24(3)82-50)88-53-45(74)48(38(67)29(20-62)84-53)89-52-44(73)47(79-9)37(66)28(19-61)83-52/h18,24-25,28-54,61-62,64-74H,1,10-17,19-22H2,2-9H3,(H,76,77,78)/t24-,25-,28-,29-,30-,31-,32+,33-,34+,35+,36-,37-,38-,39+,40+,41-,42-,43-,44-,45-,46-,47+,48+,49-,50+,51-,52+,53+,54+,57-,58+,59+,60+/m1/s1. The molecule has 0 unspecified atom stereocenters. The summed E-state index contributed by atoms with van der Waals surface area (Å²) < 4.78 is 109. The molecule has 6 aliphatic heterocycles. The number of aliphatic hydroxyl groups is 13. The molecule has 0 aromatic heterocycles. The van der Waals surface area contributed by atoms with E-state index < -0.39 is 230 Å². The molecule has 3 saturated carbocycles. The normalized spacial score (nSPS) is 51.0. The maximum absolute atomic E-state index is 14.5. The van der Waals surface area contributed by atoms with Crippen LogP contribution in [-0.4, -0.2) is 290 Å². The van der Waals surface area contributed by atoms with Crippen molar-refractivity contribution in [3.05, 3.63) is 23.8 Å². The third-order valence-electron chi connectivity index (χ3n) is 22.6. The highest BCUT2D eigenvalue weighted by molar-refractivity contribution is 7.80. The fourth-order valence-corrected chi connectivity index (χ4v) is 17.8. The number of methoxy groups -OCH3 is 1. The predicted molar refractivity (Wildman–Crippen MR) is 305 cm³/mol. The summed E-state index contributed by atoms with van der Waals surface area (Å²) in [5.74, 6) is -1.19. The van der Waals surface area contributed by atoms with E-state index in [0.29, 0.717) is 50.5 Å². The van der Waals surface area contributed by atoms with Crippen LogP contribution >= 0.6 is 0 Å². The highest BCUT2D eigenvalue weighted by atomic mass is 32.3. The summed E-state index contributed by atoms with van der Waals surface area (Å²) in [5, 5.41) is 146. The third-order valence-corrected chi connectivity index (χ3v) is 23.0. The molecule has 32 heteroatoms. The van der Waals surface area contributed by atoms with Crippen molar-refractivity contribution < 1.29 is 150 Å². The SMILES string of the molecule is C=C(C)C(=O)CC[C@]1(C)OC(=O)[C@]23[C@@H](O)C=C4[C@@H](CC[C@H]5C(C)(C)[C@@H](O[C@@H]6OC[C@@H](O[C@@H]7O[C@H](COS(=O)(=O)O)[C@@H](O)[C@H](O)[C@H]7O)[C@H](O)[C@H]6O[C@@H]6O[C@H](C)[C@@H](O[C@@H]7O[C@H](CO)[C@@H](O)[C@H](O[C@@H]8O[C@H](CO)[C@@H](O)[C@H](OC)[C@H]8O)[C@H]7O)[C@H](O)[C@H]6O)CC[C@]45C)[C@]2(C)CC[C@@H]31. The van der Waals surface area contributed by atoms with Gasteiger partial charge < -0.3 is 123 Å². The maximum atomic E-state index is 14.5. The van der Waals surface area contributed by atoms with Crippen LogP contribution < -0.4 is 0 Å². The van der Waals surface area contributed by atoms with Crippen LogP contribution in [0.5, 0.6) is 0 Å². The highest BCUT2D eigenvalue weighted by Gasteiger charge is 2.79. The number of Topliss-reactive ketones (excluding diaryl/α,β-unsaturated/α-hetero) is 1. The van der Waals surface area contributed by atoms with E-state index in [9.17, 15) is 88.9 Å². The van der Waals surface area contributed by atoms with Crippen LogP contribution in [0.15, 0.2) is 23.8 Å². The number of allylic oxidation sites excluding steroid dienone is 2. The Morgan fingerprint density at radius 2 is 1.22 bits per heavy atom. The number of aliphatic hydroxyl groups excluding tert-OH is 13. The topological polar surface area (TPSA) is 471 Å². The van der Waals surface area contributed by atoms with Crippen LogP contribution in [0.1, 0.15) is 99.8 Å². The molecule has 14 N–H and O–H groups in total. The van der Waals surface area contributed by atoms with Crippen LogP contribution in [0.4, 0.5) is 0 Å². The lowest BCUT2D eigenvalue weighted by Crippen LogP contribution is -2.67. The molecule has 6 saturated heterocycles. The quantitative estimate of drug-likeness (QED) is 0.0184. The summed E-state index contributed by atoms with van der Waals surface area (Å²) in [6.45, 7) is 13.7. The summed E-state index contributed by atoms with van der Waals surface area (Å²) in [6, 6.07) is 0. The van der Waals surface area contributed by atoms with Crippen molar-refractivity contribution in [1.82, 2.24) is 0 Å². The molecule has 1 spiro atoms. The molecule has 31 nitrogen and oxygen atoms in total. The molecule has 4 aliphatic carbocycles. The predicted octanol–water partition coefficient (Wildman–Crippen LogP) is -3.59. The van der Waals surface area contributed by atoms with Crippen LogP contribution in [-0.2, 0) is 81.0 Å². The first-order valence-corrected chi connectivity index (χ1v) is 32.9. The number of fused-ring (bicyclic) bond motifs is 4. The lowest BCUT2D eigenvalue weighted by Gasteiger charge is -2.64. The van der Waals surface area contributed by atoms with E-state index in [1.807, 2.05) is 26.8 Å². The smallest absolute Gasteiger partial charge is 0.397 e. The van der Waals surface area contributed by atoms with Crippen molar-refractivity contribution in [2.24, 2.45) is 39.4 Å². The Labute approximate surface area is 532 Å². The fraction of sp³-hybridized carbons (Fsp3) is 0.900. The highest BCUT2D eigenvalue weighted by Crippen LogP contribution is 2.76. The number of ketones is 1. The van der Waals surface area contributed by atoms with Gasteiger partial charge in [-0.25, -0.2) is 4.18 Å². The minimum atomic E-state index is -5.10. The van der Waals surface area contributed by atoms with Gasteiger partial charge in [-0.15, -0.1) is 0 Å². The van der Waals surface area contributed by atoms with Crippen molar-refractivity contribution >= 4 is 22.2 Å². The van der Waals surface area contributed by atoms with Gasteiger partial charge in [-0.3, -0.25) is 14.1 Å². The van der Waals surface area contributed by atoms with Crippen molar-refractivity contribution in [3.8, 4) is 0 Å². The molecule has 33 atom stereocenters. The first kappa shape index (κ1) is 72.3. The Bertz CT molecular complexity index is 2790. The number of hydrogen-bond acceptors (Lipinski definition) is 30. The lowest BCUT2D eigenvalue weighted by molar-refractivity contribution is -0.394. The molecule has 0 radical (unpaired) electrons. The fourth-order valence-electron chi connectivity index (χ4n) is 17.5. The molecule has 526 valence electrons. The maximum Gasteiger partial charge on any atom is 0.397 e. The summed E-state index contributed by atoms with van der Waals surface area (Å²) in [4.78, 5) is 27.3. The van der Waals surface area contributed by atoms with Crippen LogP contribution in [0.2, 0.25) is 0 Å². The Kier molecular flexibility index (Phi) is 21.2. The second kappa shape index (κ2) is 27.0. The number of carbonyl (C=O) groups excluding carboxylic acids is 2. The molecule has 92 heavy (non-hydrogen) atoms. The molecule has 0 aromatic carbocycles. The molecule has 9 fully saturated rings. The minimum Gasteiger partial charge on any atom is -0.458 e. The van der Waals surface area contributed by atoms with Gasteiger partial charge >= 0.3 is 16.4 Å². The second-order valence-corrected chi connectivity index (χ2v) is 29.2. The Balaban J connectivity index is 0.882. The van der Waals surface area contributed by atoms with E-state index in [4.69, 9.17) is 56.8 Å². The van der Waals surface area contributed by atoms with Gasteiger partial charge in [0.2, 0.25) is 0 Å². The molecule has 10 rings (SSSR count). The summed E-state index contributed by atoms with van der Waals surface area (Å²) in [5.41, 5.74) is -2.78. The lowest BCUT2D eigenvalue weighted by atomic mass is 9.40. The number of esters is 1. The molecule has 0 bridgehead atoms. The second-order valence-electron chi connectivity index (χ2n) is 28.1. The van der Waals surface area contributed by atoms with E-state index in [1.54, 1.807) is 6.92 Å². The summed E-state index contributed by atoms with van der Waals surface area (Å²) >= 11 is 0. The molecular weight excluding hydrogens is 1250 g/mol. The number of rotatable bonds is 20. The average molecular weight is 1340 g/mol. The monoisotopic (exact) mass is 1340 g/mol. The van der Waals surface area contributed by atoms with E-state index in [-0.39, 0.29) is 30.0 Å². The van der Waals surface area contributed by atoms with Gasteiger partial charge in [0.05, 0.1) is 44.7 Å². The van der Waals surface area contributed by atoms with E-state index in [2.05, 4.69) is 24.6 Å². The zero-order valence-electron chi connectivity index (χ0n) is 52.6. The van der Waals surface area contributed by atoms with Gasteiger partial charge in [-0.2, -0.15) is 8.42 Å². The number of ether oxygens (including phenoxy) is 12. The van der Waals surface area contributed by atoms with Gasteiger partial charge in [0, 0.05) is 19.4 Å². The van der Waals surface area contributed by atoms with Gasteiger partial charge in [0.1, 0.15) is 121 Å². The zero-order chi connectivity index (χ0) is 67.4. The molecule has 0 aromatic rings. The van der Waals surface area contributed by atoms with Crippen LogP contribution in [0, 0.1) is 39.4 Å². The van der Waals surface area contributed by atoms with Gasteiger partial charge in [0.15, 0.2) is 37.2 Å². The van der Waals surface area contributed by atoms with E-state index >= 15 is 0 Å². The summed E-state index contributed by atoms with van der Waals surface area (Å²) in [7, 11) is -3.93. The summed E-state index contributed by atoms with van der Waals surface area (Å²) in [6.07, 6.45) is -38.5. The average Bonchev–Trinajstić information content (AvgIpc) is 1.45. The first-order valence-electron chi connectivity index (χ1n) is 31.5. The van der Waals surface area contributed by atoms with Crippen LogP contribution in [0.3, 0.4) is 0 Å². The third kappa shape index (κ3) is 12.4. The molecule has 0 amide bonds. The van der Waals surface area contributed by atoms with E-state index in [1.165, 1.54) is 14.0 Å². The van der Waals surface area contributed by atoms with Crippen molar-refractivity contribution in [1.29, 1.82) is 0 Å². The Morgan fingerprint density at radius 3 is 1.84 bits per heavy atom. The van der Waals surface area contributed by atoms with Crippen molar-refractivity contribution in [2.45, 2.75) is 265 Å². The van der Waals surface area contributed by atoms with Gasteiger partial charge in [-0.1, -0.05) is 45.9 Å². The number of hydrogen-bond donors (Lipinski definition) is 14. The zero-order valence-corrected chi connectivity index (χ0v) is 53.4. The van der Waals surface area contributed by atoms with Crippen molar-refractivity contribution in [3.63, 3.8) is 0 Å². The van der Waals surface area contributed by atoms with Crippen molar-refractivity contribution in [2.75, 3.05) is 33.5 Å². The van der Waals surface area contributed by atoms with Gasteiger partial charge in [-0.05, 0) is 99.4 Å². The van der Waals surface area contributed by atoms with E-state index in [0.717, 1.165) is 5.57 Å².